The van der Waals surface area contributed by atoms with Crippen LogP contribution in [0.5, 0.6) is 0 Å². The molecule has 1 heterocycles. The van der Waals surface area contributed by atoms with Crippen LogP contribution >= 0.6 is 11.3 Å². The van der Waals surface area contributed by atoms with Crippen LogP contribution in [0, 0.1) is 6.92 Å². The summed E-state index contributed by atoms with van der Waals surface area (Å²) in [5.41, 5.74) is 2.30. The molecule has 1 fully saturated rings. The highest BCUT2D eigenvalue weighted by atomic mass is 32.2. The molecule has 0 atom stereocenters. The molecule has 0 unspecified atom stereocenters. The SMILES string of the molecule is Cc1ccsc1C(=O)Nc1cccc(CS(=O)(=O)C2CCCCC2)c1. The Bertz CT molecular complexity index is 849. The van der Waals surface area contributed by atoms with E-state index in [1.165, 1.54) is 11.3 Å². The highest BCUT2D eigenvalue weighted by Gasteiger charge is 2.27. The summed E-state index contributed by atoms with van der Waals surface area (Å²) < 4.78 is 25.3. The van der Waals surface area contributed by atoms with Gasteiger partial charge in [-0.05, 0) is 54.5 Å². The quantitative estimate of drug-likeness (QED) is 0.831. The molecule has 1 aromatic heterocycles. The molecule has 1 aromatic carbocycles. The number of rotatable bonds is 5. The maximum absolute atomic E-state index is 12.6. The summed E-state index contributed by atoms with van der Waals surface area (Å²) in [6, 6.07) is 9.07. The lowest BCUT2D eigenvalue weighted by atomic mass is 10.0. The van der Waals surface area contributed by atoms with Crippen LogP contribution in [0.1, 0.15) is 52.9 Å². The van der Waals surface area contributed by atoms with Crippen molar-refractivity contribution in [2.75, 3.05) is 5.32 Å². The number of amides is 1. The third kappa shape index (κ3) is 4.50. The predicted molar refractivity (Wildman–Crippen MR) is 103 cm³/mol. The average Bonchev–Trinajstić information content (AvgIpc) is 3.02. The highest BCUT2D eigenvalue weighted by Crippen LogP contribution is 2.27. The Hall–Kier alpha value is -1.66. The predicted octanol–water partition coefficient (Wildman–Crippen LogP) is 4.56. The van der Waals surface area contributed by atoms with E-state index in [2.05, 4.69) is 5.32 Å². The molecule has 2 aromatic rings. The van der Waals surface area contributed by atoms with Crippen LogP contribution < -0.4 is 5.32 Å². The van der Waals surface area contributed by atoms with Crippen LogP contribution in [-0.4, -0.2) is 19.6 Å². The molecule has 25 heavy (non-hydrogen) atoms. The Morgan fingerprint density at radius 1 is 1.20 bits per heavy atom. The van der Waals surface area contributed by atoms with Gasteiger partial charge in [0.15, 0.2) is 9.84 Å². The smallest absolute Gasteiger partial charge is 0.265 e. The Kier molecular flexibility index (Phi) is 5.59. The van der Waals surface area contributed by atoms with Crippen LogP contribution in [0.3, 0.4) is 0 Å². The van der Waals surface area contributed by atoms with Gasteiger partial charge in [-0.3, -0.25) is 4.79 Å². The molecule has 0 aliphatic heterocycles. The van der Waals surface area contributed by atoms with E-state index in [4.69, 9.17) is 0 Å². The number of hydrogen-bond donors (Lipinski definition) is 1. The maximum Gasteiger partial charge on any atom is 0.265 e. The van der Waals surface area contributed by atoms with Crippen LogP contribution in [-0.2, 0) is 15.6 Å². The number of benzene rings is 1. The van der Waals surface area contributed by atoms with E-state index in [-0.39, 0.29) is 16.9 Å². The van der Waals surface area contributed by atoms with Crippen molar-refractivity contribution in [3.63, 3.8) is 0 Å². The third-order valence-corrected chi connectivity index (χ3v) is 7.92. The first-order chi connectivity index (χ1) is 12.0. The van der Waals surface area contributed by atoms with Gasteiger partial charge in [0, 0.05) is 5.69 Å². The molecule has 3 rings (SSSR count). The molecule has 0 bridgehead atoms. The zero-order valence-corrected chi connectivity index (χ0v) is 16.0. The van der Waals surface area contributed by atoms with Crippen LogP contribution in [0.25, 0.3) is 0 Å². The molecule has 0 spiro atoms. The lowest BCUT2D eigenvalue weighted by molar-refractivity contribution is 0.103. The fourth-order valence-electron chi connectivity index (χ4n) is 3.31. The van der Waals surface area contributed by atoms with Crippen molar-refractivity contribution >= 4 is 32.8 Å². The van der Waals surface area contributed by atoms with Crippen molar-refractivity contribution in [2.24, 2.45) is 0 Å². The lowest BCUT2D eigenvalue weighted by Crippen LogP contribution is -2.25. The van der Waals surface area contributed by atoms with E-state index in [1.807, 2.05) is 24.4 Å². The molecule has 134 valence electrons. The molecule has 1 aliphatic carbocycles. The first kappa shape index (κ1) is 18.1. The first-order valence-corrected chi connectivity index (χ1v) is 11.2. The lowest BCUT2D eigenvalue weighted by Gasteiger charge is -2.21. The van der Waals surface area contributed by atoms with Crippen LogP contribution in [0.2, 0.25) is 0 Å². The fourth-order valence-corrected chi connectivity index (χ4v) is 6.06. The van der Waals surface area contributed by atoms with Crippen LogP contribution in [0.15, 0.2) is 35.7 Å². The van der Waals surface area contributed by atoms with Gasteiger partial charge in [0.1, 0.15) is 0 Å². The zero-order valence-electron chi connectivity index (χ0n) is 14.3. The summed E-state index contributed by atoms with van der Waals surface area (Å²) in [7, 11) is -3.14. The van der Waals surface area contributed by atoms with Gasteiger partial charge in [0.05, 0.1) is 15.9 Å². The normalized spacial score (nSPS) is 15.9. The van der Waals surface area contributed by atoms with Gasteiger partial charge in [0.25, 0.3) is 5.91 Å². The number of hydrogen-bond acceptors (Lipinski definition) is 4. The van der Waals surface area contributed by atoms with Crippen molar-refractivity contribution in [1.29, 1.82) is 0 Å². The van der Waals surface area contributed by atoms with Crippen LogP contribution in [0.4, 0.5) is 5.69 Å². The topological polar surface area (TPSA) is 63.2 Å². The standard InChI is InChI=1S/C19H23NO3S2/c1-14-10-11-24-18(14)19(21)20-16-7-5-6-15(12-16)13-25(22,23)17-8-3-2-4-9-17/h5-7,10-12,17H,2-4,8-9,13H2,1H3,(H,20,21). The van der Waals surface area contributed by atoms with Crippen molar-refractivity contribution in [2.45, 2.75) is 50.0 Å². The molecular formula is C19H23NO3S2. The number of sulfone groups is 1. The van der Waals surface area contributed by atoms with E-state index in [0.29, 0.717) is 10.6 Å². The fraction of sp³-hybridized carbons (Fsp3) is 0.421. The maximum atomic E-state index is 12.6. The number of anilines is 1. The van der Waals surface area contributed by atoms with E-state index >= 15 is 0 Å². The molecule has 1 N–H and O–H groups in total. The zero-order chi connectivity index (χ0) is 17.9. The second kappa shape index (κ2) is 7.70. The number of carbonyl (C=O) groups excluding carboxylic acids is 1. The summed E-state index contributed by atoms with van der Waals surface area (Å²) in [6.45, 7) is 1.90. The summed E-state index contributed by atoms with van der Waals surface area (Å²) in [5, 5.41) is 4.54. The number of nitrogens with one attached hydrogen (secondary N) is 1. The number of carbonyl (C=O) groups is 1. The first-order valence-electron chi connectivity index (χ1n) is 8.62. The van der Waals surface area contributed by atoms with Gasteiger partial charge in [-0.2, -0.15) is 0 Å². The van der Waals surface area contributed by atoms with Gasteiger partial charge >= 0.3 is 0 Å². The van der Waals surface area contributed by atoms with Crippen molar-refractivity contribution in [3.05, 3.63) is 51.7 Å². The van der Waals surface area contributed by atoms with Crippen molar-refractivity contribution in [1.82, 2.24) is 0 Å². The molecule has 6 heteroatoms. The van der Waals surface area contributed by atoms with Crippen molar-refractivity contribution in [3.8, 4) is 0 Å². The minimum absolute atomic E-state index is 0.0411. The summed E-state index contributed by atoms with van der Waals surface area (Å²) >= 11 is 1.40. The Labute approximate surface area is 153 Å². The molecule has 0 saturated heterocycles. The van der Waals surface area contributed by atoms with Gasteiger partial charge in [-0.25, -0.2) is 8.42 Å². The Balaban J connectivity index is 1.71. The molecule has 4 nitrogen and oxygen atoms in total. The largest absolute Gasteiger partial charge is 0.321 e. The Morgan fingerprint density at radius 3 is 2.64 bits per heavy atom. The monoisotopic (exact) mass is 377 g/mol. The van der Waals surface area contributed by atoms with Gasteiger partial charge in [-0.1, -0.05) is 31.4 Å². The summed E-state index contributed by atoms with van der Waals surface area (Å²) in [4.78, 5) is 13.0. The minimum Gasteiger partial charge on any atom is -0.321 e. The van der Waals surface area contributed by atoms with Gasteiger partial charge in [-0.15, -0.1) is 11.3 Å². The minimum atomic E-state index is -3.14. The van der Waals surface area contributed by atoms with E-state index in [9.17, 15) is 13.2 Å². The van der Waals surface area contributed by atoms with Crippen molar-refractivity contribution < 1.29 is 13.2 Å². The number of thiophene rings is 1. The Morgan fingerprint density at radius 2 is 1.96 bits per heavy atom. The molecule has 1 amide bonds. The number of aryl methyl sites for hydroxylation is 1. The van der Waals surface area contributed by atoms with E-state index < -0.39 is 9.84 Å². The molecule has 0 radical (unpaired) electrons. The average molecular weight is 378 g/mol. The van der Waals surface area contributed by atoms with E-state index in [0.717, 1.165) is 43.2 Å². The summed E-state index contributed by atoms with van der Waals surface area (Å²) in [6.07, 6.45) is 4.68. The second-order valence-electron chi connectivity index (χ2n) is 6.65. The highest BCUT2D eigenvalue weighted by molar-refractivity contribution is 7.91. The molecule has 1 aliphatic rings. The van der Waals surface area contributed by atoms with Gasteiger partial charge < -0.3 is 5.32 Å². The third-order valence-electron chi connectivity index (χ3n) is 4.68. The van der Waals surface area contributed by atoms with E-state index in [1.54, 1.807) is 18.2 Å². The second-order valence-corrected chi connectivity index (χ2v) is 9.85. The molecule has 1 saturated carbocycles. The molecular weight excluding hydrogens is 354 g/mol. The van der Waals surface area contributed by atoms with Gasteiger partial charge in [0.2, 0.25) is 0 Å². The summed E-state index contributed by atoms with van der Waals surface area (Å²) in [5.74, 6) is -0.112.